The lowest BCUT2D eigenvalue weighted by Gasteiger charge is -2.19. The first-order chi connectivity index (χ1) is 18.1. The Morgan fingerprint density at radius 2 is 1.89 bits per heavy atom. The number of carbonyl (C=O) groups excluding carboxylic acids is 1. The SMILES string of the molecule is O=C1COc2ccc(-c3csc(=Nc4ccccc4[N+](=O)[O-])n3N=C3CCCc4ccccc43)cc2N1. The second-order valence-corrected chi connectivity index (χ2v) is 9.51. The second-order valence-electron chi connectivity index (χ2n) is 8.68. The van der Waals surface area contributed by atoms with E-state index in [-0.39, 0.29) is 23.9 Å². The van der Waals surface area contributed by atoms with Crippen LogP contribution in [0.1, 0.15) is 24.0 Å². The second kappa shape index (κ2) is 9.47. The van der Waals surface area contributed by atoms with Crippen molar-refractivity contribution in [1.29, 1.82) is 0 Å². The number of benzene rings is 3. The van der Waals surface area contributed by atoms with Gasteiger partial charge in [0.25, 0.3) is 11.6 Å². The molecule has 1 aromatic heterocycles. The third-order valence-electron chi connectivity index (χ3n) is 6.30. The zero-order chi connectivity index (χ0) is 25.4. The molecule has 0 radical (unpaired) electrons. The minimum Gasteiger partial charge on any atom is -0.482 e. The molecule has 2 heterocycles. The maximum atomic E-state index is 11.9. The molecule has 0 fully saturated rings. The van der Waals surface area contributed by atoms with Gasteiger partial charge in [0.2, 0.25) is 4.80 Å². The summed E-state index contributed by atoms with van der Waals surface area (Å²) in [5, 5.41) is 21.4. The van der Waals surface area contributed by atoms with Gasteiger partial charge in [-0.1, -0.05) is 36.4 Å². The van der Waals surface area contributed by atoms with Gasteiger partial charge in [0.15, 0.2) is 6.61 Å². The largest absolute Gasteiger partial charge is 0.482 e. The summed E-state index contributed by atoms with van der Waals surface area (Å²) in [6.07, 6.45) is 2.78. The summed E-state index contributed by atoms with van der Waals surface area (Å²) in [5.41, 5.74) is 5.59. The van der Waals surface area contributed by atoms with Crippen molar-refractivity contribution in [1.82, 2.24) is 4.68 Å². The number of para-hydroxylation sites is 2. The van der Waals surface area contributed by atoms with Gasteiger partial charge in [-0.3, -0.25) is 14.9 Å². The van der Waals surface area contributed by atoms with Crippen molar-refractivity contribution in [2.75, 3.05) is 11.9 Å². The number of nitrogens with zero attached hydrogens (tertiary/aromatic N) is 4. The maximum Gasteiger partial charge on any atom is 0.294 e. The van der Waals surface area contributed by atoms with Gasteiger partial charge < -0.3 is 10.1 Å². The molecule has 0 saturated carbocycles. The number of ether oxygens (including phenoxy) is 1. The molecule has 4 aromatic rings. The molecule has 0 bridgehead atoms. The van der Waals surface area contributed by atoms with Crippen molar-refractivity contribution in [3.8, 4) is 17.0 Å². The minimum absolute atomic E-state index is 0.0171. The van der Waals surface area contributed by atoms with Crippen LogP contribution in [0.5, 0.6) is 5.75 Å². The highest BCUT2D eigenvalue weighted by Gasteiger charge is 2.20. The van der Waals surface area contributed by atoms with Gasteiger partial charge in [-0.2, -0.15) is 5.10 Å². The van der Waals surface area contributed by atoms with Gasteiger partial charge in [0, 0.05) is 22.6 Å². The summed E-state index contributed by atoms with van der Waals surface area (Å²) in [6.45, 7) is -0.0171. The molecule has 1 N–H and O–H groups in total. The van der Waals surface area contributed by atoms with Gasteiger partial charge >= 0.3 is 0 Å². The molecule has 0 saturated heterocycles. The van der Waals surface area contributed by atoms with E-state index in [0.717, 1.165) is 41.8 Å². The normalized spacial score (nSPS) is 16.1. The zero-order valence-corrected chi connectivity index (χ0v) is 20.4. The molecule has 0 unspecified atom stereocenters. The van der Waals surface area contributed by atoms with Crippen molar-refractivity contribution in [2.45, 2.75) is 19.3 Å². The van der Waals surface area contributed by atoms with E-state index in [4.69, 9.17) is 9.84 Å². The number of carbonyl (C=O) groups is 1. The summed E-state index contributed by atoms with van der Waals surface area (Å²) in [7, 11) is 0. The summed E-state index contributed by atoms with van der Waals surface area (Å²) in [5.74, 6) is 0.386. The molecule has 1 aliphatic heterocycles. The third kappa shape index (κ3) is 4.43. The average molecular weight is 512 g/mol. The summed E-state index contributed by atoms with van der Waals surface area (Å²) in [4.78, 5) is 28.2. The zero-order valence-electron chi connectivity index (χ0n) is 19.6. The predicted molar refractivity (Wildman–Crippen MR) is 142 cm³/mol. The topological polar surface area (TPSA) is 111 Å². The lowest BCUT2D eigenvalue weighted by Crippen LogP contribution is -2.25. The average Bonchev–Trinajstić information content (AvgIpc) is 3.30. The molecule has 10 heteroatoms. The van der Waals surface area contributed by atoms with Gasteiger partial charge in [0.05, 0.1) is 22.0 Å². The van der Waals surface area contributed by atoms with Crippen LogP contribution in [0, 0.1) is 10.1 Å². The molecular weight excluding hydrogens is 490 g/mol. The third-order valence-corrected chi connectivity index (χ3v) is 7.11. The fourth-order valence-electron chi connectivity index (χ4n) is 4.56. The molecule has 1 amide bonds. The first kappa shape index (κ1) is 22.9. The fraction of sp³-hybridized carbons (Fsp3) is 0.148. The lowest BCUT2D eigenvalue weighted by atomic mass is 9.90. The molecule has 2 aliphatic rings. The minimum atomic E-state index is -0.437. The smallest absolute Gasteiger partial charge is 0.294 e. The number of rotatable bonds is 4. The Labute approximate surface area is 215 Å². The molecule has 0 spiro atoms. The monoisotopic (exact) mass is 511 g/mol. The highest BCUT2D eigenvalue weighted by atomic mass is 32.1. The Balaban J connectivity index is 1.55. The Kier molecular flexibility index (Phi) is 5.85. The van der Waals surface area contributed by atoms with Crippen LogP contribution in [-0.2, 0) is 11.2 Å². The van der Waals surface area contributed by atoms with E-state index in [9.17, 15) is 14.9 Å². The quantitative estimate of drug-likeness (QED) is 0.297. The number of fused-ring (bicyclic) bond motifs is 2. The van der Waals surface area contributed by atoms with Crippen LogP contribution < -0.4 is 14.9 Å². The number of aryl methyl sites for hydroxylation is 1. The van der Waals surface area contributed by atoms with Gasteiger partial charge in [0.1, 0.15) is 11.4 Å². The van der Waals surface area contributed by atoms with E-state index in [1.54, 1.807) is 22.9 Å². The van der Waals surface area contributed by atoms with Crippen molar-refractivity contribution in [3.05, 3.63) is 98.2 Å². The first-order valence-electron chi connectivity index (χ1n) is 11.8. The first-order valence-corrected chi connectivity index (χ1v) is 12.7. The number of amides is 1. The summed E-state index contributed by atoms with van der Waals surface area (Å²) >= 11 is 1.34. The van der Waals surface area contributed by atoms with Crippen LogP contribution >= 0.6 is 11.3 Å². The number of hydrogen-bond donors (Lipinski definition) is 1. The van der Waals surface area contributed by atoms with Gasteiger partial charge in [-0.15, -0.1) is 11.3 Å². The molecule has 6 rings (SSSR count). The standard InChI is InChI=1S/C27H21N5O4S/c33-26-15-36-25-13-12-18(14-22(25)28-26)24-16-37-27(29-21-9-3-4-11-23(21)32(34)35)31(24)30-20-10-5-7-17-6-1-2-8-19(17)20/h1-4,6,8-9,11-14,16H,5,7,10,15H2,(H,28,33). The Hall–Kier alpha value is -4.57. The number of nitro groups is 1. The molecule has 37 heavy (non-hydrogen) atoms. The highest BCUT2D eigenvalue weighted by Crippen LogP contribution is 2.34. The van der Waals surface area contributed by atoms with E-state index in [0.29, 0.717) is 16.2 Å². The molecule has 9 nitrogen and oxygen atoms in total. The number of aromatic nitrogens is 1. The molecule has 1 aliphatic carbocycles. The number of anilines is 1. The van der Waals surface area contributed by atoms with Crippen LogP contribution in [-0.4, -0.2) is 27.8 Å². The summed E-state index contributed by atoms with van der Waals surface area (Å²) in [6, 6.07) is 20.2. The van der Waals surface area contributed by atoms with E-state index in [1.807, 2.05) is 35.7 Å². The van der Waals surface area contributed by atoms with Crippen molar-refractivity contribution in [2.24, 2.45) is 10.1 Å². The molecule has 184 valence electrons. The molecule has 3 aromatic carbocycles. The molecular formula is C27H21N5O4S. The Morgan fingerprint density at radius 1 is 1.05 bits per heavy atom. The van der Waals surface area contributed by atoms with Crippen LogP contribution in [0.15, 0.2) is 82.2 Å². The number of nitro benzene ring substituents is 1. The van der Waals surface area contributed by atoms with Crippen LogP contribution in [0.2, 0.25) is 0 Å². The number of thiazole rings is 1. The highest BCUT2D eigenvalue weighted by molar-refractivity contribution is 7.07. The van der Waals surface area contributed by atoms with E-state index >= 15 is 0 Å². The number of hydrogen-bond acceptors (Lipinski definition) is 7. The Bertz CT molecular complexity index is 1650. The van der Waals surface area contributed by atoms with Crippen molar-refractivity contribution < 1.29 is 14.5 Å². The van der Waals surface area contributed by atoms with E-state index < -0.39 is 4.92 Å². The lowest BCUT2D eigenvalue weighted by molar-refractivity contribution is -0.384. The van der Waals surface area contributed by atoms with Crippen LogP contribution in [0.4, 0.5) is 17.1 Å². The van der Waals surface area contributed by atoms with Crippen LogP contribution in [0.3, 0.4) is 0 Å². The maximum absolute atomic E-state index is 11.9. The number of nitrogens with one attached hydrogen (secondary N) is 1. The predicted octanol–water partition coefficient (Wildman–Crippen LogP) is 5.28. The van der Waals surface area contributed by atoms with Crippen molar-refractivity contribution in [3.63, 3.8) is 0 Å². The summed E-state index contributed by atoms with van der Waals surface area (Å²) < 4.78 is 7.25. The van der Waals surface area contributed by atoms with Crippen molar-refractivity contribution >= 4 is 40.0 Å². The van der Waals surface area contributed by atoms with E-state index in [2.05, 4.69) is 22.4 Å². The molecule has 0 atom stereocenters. The van der Waals surface area contributed by atoms with Crippen LogP contribution in [0.25, 0.3) is 11.3 Å². The van der Waals surface area contributed by atoms with Gasteiger partial charge in [-0.05, 0) is 49.1 Å². The Morgan fingerprint density at radius 3 is 2.78 bits per heavy atom. The van der Waals surface area contributed by atoms with Gasteiger partial charge in [-0.25, -0.2) is 9.67 Å². The fourth-order valence-corrected chi connectivity index (χ4v) is 5.40. The van der Waals surface area contributed by atoms with E-state index in [1.165, 1.54) is 23.0 Å².